The number of thiophene rings is 1. The summed E-state index contributed by atoms with van der Waals surface area (Å²) in [4.78, 5) is 15.9. The zero-order valence-corrected chi connectivity index (χ0v) is 9.18. The van der Waals surface area contributed by atoms with Crippen LogP contribution in [-0.2, 0) is 0 Å². The Bertz CT molecular complexity index is 560. The second-order valence-corrected chi connectivity index (χ2v) is 4.40. The summed E-state index contributed by atoms with van der Waals surface area (Å²) in [7, 11) is 0. The minimum absolute atomic E-state index is 0.172. The Labute approximate surface area is 90.4 Å². The van der Waals surface area contributed by atoms with Crippen LogP contribution in [0.15, 0.2) is 6.20 Å². The van der Waals surface area contributed by atoms with E-state index in [1.165, 1.54) is 0 Å². The van der Waals surface area contributed by atoms with E-state index < -0.39 is 5.97 Å². The molecular weight excluding hydrogens is 212 g/mol. The molecule has 0 atom stereocenters. The van der Waals surface area contributed by atoms with E-state index in [1.807, 2.05) is 13.8 Å². The number of aromatic nitrogens is 1. The molecule has 0 bridgehead atoms. The molecule has 0 saturated heterocycles. The number of anilines is 1. The molecule has 2 aromatic heterocycles. The molecule has 0 aliphatic carbocycles. The second-order valence-electron chi connectivity index (χ2n) is 3.40. The van der Waals surface area contributed by atoms with Crippen molar-refractivity contribution in [1.82, 2.24) is 4.98 Å². The van der Waals surface area contributed by atoms with Gasteiger partial charge in [0.2, 0.25) is 0 Å². The van der Waals surface area contributed by atoms with Gasteiger partial charge in [-0.1, -0.05) is 0 Å². The molecule has 0 radical (unpaired) electrons. The van der Waals surface area contributed by atoms with Gasteiger partial charge in [-0.2, -0.15) is 0 Å². The van der Waals surface area contributed by atoms with Crippen LogP contribution in [0.4, 0.5) is 5.69 Å². The maximum atomic E-state index is 10.9. The van der Waals surface area contributed by atoms with Crippen molar-refractivity contribution in [3.63, 3.8) is 0 Å². The summed E-state index contributed by atoms with van der Waals surface area (Å²) < 4.78 is 0. The molecule has 0 aliphatic heterocycles. The molecule has 0 amide bonds. The predicted molar refractivity (Wildman–Crippen MR) is 60.5 cm³/mol. The first-order valence-electron chi connectivity index (χ1n) is 4.40. The topological polar surface area (TPSA) is 76.2 Å². The molecule has 4 nitrogen and oxygen atoms in total. The average Bonchev–Trinajstić information content (AvgIpc) is 2.50. The highest BCUT2D eigenvalue weighted by Crippen LogP contribution is 2.35. The average molecular weight is 222 g/mol. The number of aromatic carboxylic acids is 1. The number of aryl methyl sites for hydroxylation is 2. The van der Waals surface area contributed by atoms with E-state index in [0.29, 0.717) is 10.5 Å². The van der Waals surface area contributed by atoms with Crippen LogP contribution in [0.1, 0.15) is 20.8 Å². The highest BCUT2D eigenvalue weighted by molar-refractivity contribution is 7.21. The number of rotatable bonds is 1. The molecule has 3 N–H and O–H groups in total. The third-order valence-electron chi connectivity index (χ3n) is 2.46. The number of fused-ring (bicyclic) bond motifs is 1. The van der Waals surface area contributed by atoms with Gasteiger partial charge in [-0.15, -0.1) is 11.3 Å². The van der Waals surface area contributed by atoms with Crippen LogP contribution < -0.4 is 5.73 Å². The van der Waals surface area contributed by atoms with Crippen molar-refractivity contribution in [1.29, 1.82) is 0 Å². The fourth-order valence-electron chi connectivity index (χ4n) is 1.49. The molecule has 2 rings (SSSR count). The number of carboxylic acid groups (broad SMARTS) is 1. The van der Waals surface area contributed by atoms with Crippen molar-refractivity contribution < 1.29 is 9.90 Å². The van der Waals surface area contributed by atoms with Crippen LogP contribution >= 0.6 is 11.3 Å². The molecule has 0 saturated carbocycles. The summed E-state index contributed by atoms with van der Waals surface area (Å²) >= 11 is 1.12. The van der Waals surface area contributed by atoms with Crippen molar-refractivity contribution in [2.75, 3.05) is 5.73 Å². The lowest BCUT2D eigenvalue weighted by Crippen LogP contribution is -1.97. The van der Waals surface area contributed by atoms with Crippen molar-refractivity contribution >= 4 is 33.2 Å². The molecule has 78 valence electrons. The van der Waals surface area contributed by atoms with Crippen LogP contribution in [0.3, 0.4) is 0 Å². The van der Waals surface area contributed by atoms with E-state index in [4.69, 9.17) is 10.8 Å². The molecule has 0 aliphatic rings. The number of nitrogens with zero attached hydrogens (tertiary/aromatic N) is 1. The summed E-state index contributed by atoms with van der Waals surface area (Å²) in [5.74, 6) is -0.993. The number of nitrogen functional groups attached to an aromatic ring is 1. The van der Waals surface area contributed by atoms with E-state index in [1.54, 1.807) is 6.20 Å². The SMILES string of the molecule is Cc1cnc2sc(C(=O)O)c(N)c2c1C. The van der Waals surface area contributed by atoms with Gasteiger partial charge in [0.15, 0.2) is 0 Å². The highest BCUT2D eigenvalue weighted by Gasteiger charge is 2.17. The Morgan fingerprint density at radius 3 is 2.80 bits per heavy atom. The quantitative estimate of drug-likeness (QED) is 0.775. The lowest BCUT2D eigenvalue weighted by Gasteiger charge is -2.01. The zero-order valence-electron chi connectivity index (χ0n) is 8.37. The normalized spacial score (nSPS) is 10.8. The molecule has 0 spiro atoms. The molecule has 2 aromatic rings. The van der Waals surface area contributed by atoms with Gasteiger partial charge in [0, 0.05) is 11.6 Å². The molecule has 0 fully saturated rings. The highest BCUT2D eigenvalue weighted by atomic mass is 32.1. The van der Waals surface area contributed by atoms with Gasteiger partial charge in [0.25, 0.3) is 0 Å². The van der Waals surface area contributed by atoms with Gasteiger partial charge < -0.3 is 10.8 Å². The van der Waals surface area contributed by atoms with Gasteiger partial charge in [-0.3, -0.25) is 0 Å². The van der Waals surface area contributed by atoms with Crippen molar-refractivity contribution in [3.8, 4) is 0 Å². The van der Waals surface area contributed by atoms with Gasteiger partial charge in [-0.05, 0) is 25.0 Å². The molecule has 0 aromatic carbocycles. The van der Waals surface area contributed by atoms with Gasteiger partial charge >= 0.3 is 5.97 Å². The van der Waals surface area contributed by atoms with E-state index >= 15 is 0 Å². The Morgan fingerprint density at radius 1 is 1.53 bits per heavy atom. The van der Waals surface area contributed by atoms with Gasteiger partial charge in [-0.25, -0.2) is 9.78 Å². The lowest BCUT2D eigenvalue weighted by molar-refractivity contribution is 0.0703. The van der Waals surface area contributed by atoms with Crippen LogP contribution in [-0.4, -0.2) is 16.1 Å². The molecular formula is C10H10N2O2S. The molecule has 0 unspecified atom stereocenters. The maximum Gasteiger partial charge on any atom is 0.348 e. The number of pyridine rings is 1. The Balaban J connectivity index is 2.89. The minimum atomic E-state index is -0.993. The summed E-state index contributed by atoms with van der Waals surface area (Å²) in [5, 5.41) is 9.70. The van der Waals surface area contributed by atoms with E-state index in [-0.39, 0.29) is 4.88 Å². The van der Waals surface area contributed by atoms with Crippen molar-refractivity contribution in [2.45, 2.75) is 13.8 Å². The third kappa shape index (κ3) is 1.35. The monoisotopic (exact) mass is 222 g/mol. The lowest BCUT2D eigenvalue weighted by atomic mass is 10.1. The summed E-state index contributed by atoms with van der Waals surface area (Å²) in [6.07, 6.45) is 1.74. The standard InChI is InChI=1S/C10H10N2O2S/c1-4-3-12-9-6(5(4)2)7(11)8(15-9)10(13)14/h3H,11H2,1-2H3,(H,13,14). The first kappa shape index (κ1) is 9.92. The fraction of sp³-hybridized carbons (Fsp3) is 0.200. The van der Waals surface area contributed by atoms with E-state index in [0.717, 1.165) is 27.8 Å². The fourth-order valence-corrected chi connectivity index (χ4v) is 2.46. The second kappa shape index (κ2) is 3.20. The maximum absolute atomic E-state index is 10.9. The summed E-state index contributed by atoms with van der Waals surface area (Å²) in [6.45, 7) is 3.85. The minimum Gasteiger partial charge on any atom is -0.477 e. The number of nitrogens with two attached hydrogens (primary N) is 1. The van der Waals surface area contributed by atoms with Crippen LogP contribution in [0.25, 0.3) is 10.2 Å². The summed E-state index contributed by atoms with van der Waals surface area (Å²) in [5.41, 5.74) is 8.15. The molecule has 2 heterocycles. The number of hydrogen-bond acceptors (Lipinski definition) is 4. The Kier molecular flexibility index (Phi) is 2.12. The van der Waals surface area contributed by atoms with Crippen molar-refractivity contribution in [2.24, 2.45) is 0 Å². The van der Waals surface area contributed by atoms with Gasteiger partial charge in [0.05, 0.1) is 5.69 Å². The van der Waals surface area contributed by atoms with Crippen LogP contribution in [0, 0.1) is 13.8 Å². The van der Waals surface area contributed by atoms with Crippen LogP contribution in [0.5, 0.6) is 0 Å². The Morgan fingerprint density at radius 2 is 2.20 bits per heavy atom. The van der Waals surface area contributed by atoms with E-state index in [2.05, 4.69) is 4.98 Å². The number of carboxylic acids is 1. The number of hydrogen-bond donors (Lipinski definition) is 2. The van der Waals surface area contributed by atoms with Crippen LogP contribution in [0.2, 0.25) is 0 Å². The molecule has 5 heteroatoms. The Hall–Kier alpha value is -1.62. The first-order valence-corrected chi connectivity index (χ1v) is 5.21. The molecule has 15 heavy (non-hydrogen) atoms. The third-order valence-corrected chi connectivity index (χ3v) is 3.56. The number of carbonyl (C=O) groups is 1. The summed E-state index contributed by atoms with van der Waals surface area (Å²) in [6, 6.07) is 0. The van der Waals surface area contributed by atoms with Gasteiger partial charge in [0.1, 0.15) is 9.71 Å². The first-order chi connectivity index (χ1) is 7.02. The largest absolute Gasteiger partial charge is 0.477 e. The predicted octanol–water partition coefficient (Wildman–Crippen LogP) is 2.19. The van der Waals surface area contributed by atoms with Crippen molar-refractivity contribution in [3.05, 3.63) is 22.2 Å². The van der Waals surface area contributed by atoms with E-state index in [9.17, 15) is 4.79 Å². The zero-order chi connectivity index (χ0) is 11.2. The smallest absolute Gasteiger partial charge is 0.348 e.